The molecule has 3 aliphatic rings. The lowest BCUT2D eigenvalue weighted by Gasteiger charge is -2.38. The summed E-state index contributed by atoms with van der Waals surface area (Å²) >= 11 is 0. The molecule has 8 heteroatoms. The van der Waals surface area contributed by atoms with Gasteiger partial charge in [0.05, 0.1) is 33.4 Å². The molecule has 8 nitrogen and oxygen atoms in total. The van der Waals surface area contributed by atoms with Gasteiger partial charge in [0.15, 0.2) is 17.3 Å². The van der Waals surface area contributed by atoms with Crippen LogP contribution in [0.2, 0.25) is 0 Å². The molecule has 1 unspecified atom stereocenters. The maximum Gasteiger partial charge on any atom is 0.228 e. The van der Waals surface area contributed by atoms with Crippen LogP contribution >= 0.6 is 0 Å². The molecule has 28 heavy (non-hydrogen) atoms. The molecule has 3 heterocycles. The molecule has 1 atom stereocenters. The van der Waals surface area contributed by atoms with Crippen molar-refractivity contribution >= 4 is 17.5 Å². The maximum absolute atomic E-state index is 13.0. The molecular formula is C20H26N2O6. The third-order valence-corrected chi connectivity index (χ3v) is 5.80. The minimum Gasteiger partial charge on any atom is -0.493 e. The van der Waals surface area contributed by atoms with E-state index in [9.17, 15) is 9.59 Å². The summed E-state index contributed by atoms with van der Waals surface area (Å²) in [5.74, 6) is 0.295. The van der Waals surface area contributed by atoms with Crippen molar-refractivity contribution < 1.29 is 28.5 Å². The lowest BCUT2D eigenvalue weighted by Crippen LogP contribution is -2.49. The van der Waals surface area contributed by atoms with Crippen LogP contribution in [0.4, 0.5) is 5.69 Å². The van der Waals surface area contributed by atoms with Gasteiger partial charge in [-0.25, -0.2) is 0 Å². The number of likely N-dealkylation sites (tertiary alicyclic amines) is 1. The second kappa shape index (κ2) is 7.60. The quantitative estimate of drug-likeness (QED) is 0.774. The summed E-state index contributed by atoms with van der Waals surface area (Å²) in [5, 5.41) is 0. The molecule has 1 aromatic carbocycles. The average molecular weight is 390 g/mol. The van der Waals surface area contributed by atoms with Crippen LogP contribution in [0.5, 0.6) is 11.5 Å². The number of piperidine rings is 1. The predicted molar refractivity (Wildman–Crippen MR) is 100 cm³/mol. The molecule has 3 aliphatic heterocycles. The van der Waals surface area contributed by atoms with Crippen LogP contribution in [0.15, 0.2) is 18.2 Å². The molecule has 1 aromatic rings. The van der Waals surface area contributed by atoms with Crippen LogP contribution in [-0.4, -0.2) is 69.6 Å². The molecule has 0 aromatic heterocycles. The van der Waals surface area contributed by atoms with E-state index in [0.717, 1.165) is 0 Å². The Bertz CT molecular complexity index is 751. The molecule has 0 N–H and O–H groups in total. The van der Waals surface area contributed by atoms with E-state index >= 15 is 0 Å². The molecule has 3 saturated heterocycles. The fourth-order valence-corrected chi connectivity index (χ4v) is 4.23. The monoisotopic (exact) mass is 390 g/mol. The van der Waals surface area contributed by atoms with Gasteiger partial charge in [-0.2, -0.15) is 0 Å². The molecule has 0 saturated carbocycles. The number of rotatable bonds is 4. The number of anilines is 1. The van der Waals surface area contributed by atoms with Crippen molar-refractivity contribution in [2.75, 3.05) is 52.0 Å². The van der Waals surface area contributed by atoms with Gasteiger partial charge in [-0.15, -0.1) is 0 Å². The summed E-state index contributed by atoms with van der Waals surface area (Å²) in [5.41, 5.74) is 0.711. The SMILES string of the molecule is COc1ccc(N2CC(C(=O)N3CCC4(CC3)OCCO4)CC2=O)cc1OC. The Morgan fingerprint density at radius 1 is 1.11 bits per heavy atom. The third-order valence-electron chi connectivity index (χ3n) is 5.80. The second-order valence-electron chi connectivity index (χ2n) is 7.38. The molecule has 3 fully saturated rings. The highest BCUT2D eigenvalue weighted by Gasteiger charge is 2.43. The van der Waals surface area contributed by atoms with Gasteiger partial charge < -0.3 is 28.7 Å². The second-order valence-corrected chi connectivity index (χ2v) is 7.38. The van der Waals surface area contributed by atoms with Crippen molar-refractivity contribution in [1.29, 1.82) is 0 Å². The largest absolute Gasteiger partial charge is 0.493 e. The molecule has 2 amide bonds. The van der Waals surface area contributed by atoms with Crippen molar-refractivity contribution in [3.05, 3.63) is 18.2 Å². The maximum atomic E-state index is 13.0. The Labute approximate surface area is 164 Å². The Morgan fingerprint density at radius 3 is 2.43 bits per heavy atom. The molecule has 0 radical (unpaired) electrons. The van der Waals surface area contributed by atoms with Gasteiger partial charge in [0.2, 0.25) is 11.8 Å². The van der Waals surface area contributed by atoms with Crippen LogP contribution in [0, 0.1) is 5.92 Å². The number of carbonyl (C=O) groups is 2. The van der Waals surface area contributed by atoms with Crippen LogP contribution in [0.25, 0.3) is 0 Å². The van der Waals surface area contributed by atoms with E-state index < -0.39 is 5.79 Å². The minimum atomic E-state index is -0.506. The van der Waals surface area contributed by atoms with Gasteiger partial charge in [-0.3, -0.25) is 9.59 Å². The van der Waals surface area contributed by atoms with Crippen molar-refractivity contribution in [2.45, 2.75) is 25.0 Å². The standard InChI is InChI=1S/C20H26N2O6/c1-25-16-4-3-15(12-17(16)26-2)22-13-14(11-18(22)23)19(24)21-7-5-20(6-8-21)27-9-10-28-20/h3-4,12,14H,5-11,13H2,1-2H3. The lowest BCUT2D eigenvalue weighted by molar-refractivity contribution is -0.188. The fourth-order valence-electron chi connectivity index (χ4n) is 4.23. The predicted octanol–water partition coefficient (Wildman–Crippen LogP) is 1.42. The topological polar surface area (TPSA) is 77.5 Å². The molecule has 0 aliphatic carbocycles. The van der Waals surface area contributed by atoms with Crippen LogP contribution < -0.4 is 14.4 Å². The lowest BCUT2D eigenvalue weighted by atomic mass is 10.0. The number of hydrogen-bond acceptors (Lipinski definition) is 6. The number of hydrogen-bond donors (Lipinski definition) is 0. The Balaban J connectivity index is 1.41. The molecule has 152 valence electrons. The summed E-state index contributed by atoms with van der Waals surface area (Å²) in [6.45, 7) is 2.80. The first-order chi connectivity index (χ1) is 13.5. The fraction of sp³-hybridized carbons (Fsp3) is 0.600. The highest BCUT2D eigenvalue weighted by Crippen LogP contribution is 2.36. The van der Waals surface area contributed by atoms with Gasteiger partial charge in [0.25, 0.3) is 0 Å². The smallest absolute Gasteiger partial charge is 0.228 e. The van der Waals surface area contributed by atoms with Crippen LogP contribution in [0.3, 0.4) is 0 Å². The zero-order valence-corrected chi connectivity index (χ0v) is 16.3. The number of methoxy groups -OCH3 is 2. The number of carbonyl (C=O) groups excluding carboxylic acids is 2. The van der Waals surface area contributed by atoms with Crippen molar-refractivity contribution in [2.24, 2.45) is 5.92 Å². The van der Waals surface area contributed by atoms with E-state index in [1.165, 1.54) is 0 Å². The molecule has 0 bridgehead atoms. The van der Waals surface area contributed by atoms with Gasteiger partial charge in [-0.1, -0.05) is 0 Å². The Morgan fingerprint density at radius 2 is 1.79 bits per heavy atom. The van der Waals surface area contributed by atoms with E-state index in [0.29, 0.717) is 62.9 Å². The zero-order valence-electron chi connectivity index (χ0n) is 16.3. The highest BCUT2D eigenvalue weighted by atomic mass is 16.7. The molecular weight excluding hydrogens is 364 g/mol. The van der Waals surface area contributed by atoms with E-state index in [1.807, 2.05) is 11.0 Å². The van der Waals surface area contributed by atoms with Gasteiger partial charge in [0, 0.05) is 50.7 Å². The zero-order chi connectivity index (χ0) is 19.7. The summed E-state index contributed by atoms with van der Waals surface area (Å²) in [4.78, 5) is 29.0. The third kappa shape index (κ3) is 3.42. The first-order valence-corrected chi connectivity index (χ1v) is 9.64. The van der Waals surface area contributed by atoms with Crippen molar-refractivity contribution in [3.63, 3.8) is 0 Å². The Hall–Kier alpha value is -2.32. The number of nitrogens with zero attached hydrogens (tertiary/aromatic N) is 2. The Kier molecular flexibility index (Phi) is 5.16. The van der Waals surface area contributed by atoms with Crippen molar-refractivity contribution in [1.82, 2.24) is 4.90 Å². The number of amides is 2. The number of ether oxygens (including phenoxy) is 4. The first kappa shape index (κ1) is 19.0. The van der Waals surface area contributed by atoms with Crippen molar-refractivity contribution in [3.8, 4) is 11.5 Å². The van der Waals surface area contributed by atoms with E-state index in [4.69, 9.17) is 18.9 Å². The van der Waals surface area contributed by atoms with E-state index in [1.54, 1.807) is 31.3 Å². The van der Waals surface area contributed by atoms with E-state index in [2.05, 4.69) is 0 Å². The first-order valence-electron chi connectivity index (χ1n) is 9.64. The summed E-state index contributed by atoms with van der Waals surface area (Å²) in [7, 11) is 3.12. The van der Waals surface area contributed by atoms with Gasteiger partial charge >= 0.3 is 0 Å². The minimum absolute atomic E-state index is 0.0316. The van der Waals surface area contributed by atoms with Gasteiger partial charge in [-0.05, 0) is 12.1 Å². The highest BCUT2D eigenvalue weighted by molar-refractivity contribution is 6.00. The summed E-state index contributed by atoms with van der Waals surface area (Å²) in [6.07, 6.45) is 1.58. The van der Waals surface area contributed by atoms with Crippen LogP contribution in [-0.2, 0) is 19.1 Å². The summed E-state index contributed by atoms with van der Waals surface area (Å²) in [6, 6.07) is 5.34. The van der Waals surface area contributed by atoms with E-state index in [-0.39, 0.29) is 24.2 Å². The van der Waals surface area contributed by atoms with Crippen LogP contribution in [0.1, 0.15) is 19.3 Å². The summed E-state index contributed by atoms with van der Waals surface area (Å²) < 4.78 is 22.0. The molecule has 1 spiro atoms. The average Bonchev–Trinajstić information content (AvgIpc) is 3.34. The molecule has 4 rings (SSSR count). The van der Waals surface area contributed by atoms with Gasteiger partial charge in [0.1, 0.15) is 0 Å². The number of benzene rings is 1. The normalized spacial score (nSPS) is 24.1.